The van der Waals surface area contributed by atoms with Crippen LogP contribution >= 0.6 is 0 Å². The van der Waals surface area contributed by atoms with Gasteiger partial charge in [0, 0.05) is 12.0 Å². The molecule has 3 heteroatoms. The normalized spacial score (nSPS) is 10.5. The number of hydrogen-bond acceptors (Lipinski definition) is 3. The Morgan fingerprint density at radius 3 is 2.47 bits per heavy atom. The summed E-state index contributed by atoms with van der Waals surface area (Å²) in [6.45, 7) is 5.62. The summed E-state index contributed by atoms with van der Waals surface area (Å²) in [5, 5.41) is 0. The van der Waals surface area contributed by atoms with Crippen LogP contribution in [0.5, 0.6) is 0 Å². The second kappa shape index (κ2) is 4.53. The summed E-state index contributed by atoms with van der Waals surface area (Å²) in [6.07, 6.45) is 0.445. The molecule has 0 atom stereocenters. The van der Waals surface area contributed by atoms with Crippen LogP contribution in [0.15, 0.2) is 28.7 Å². The number of aryl methyl sites for hydroxylation is 2. The number of carbonyl (C=O) groups is 1. The van der Waals surface area contributed by atoms with Crippen molar-refractivity contribution in [1.29, 1.82) is 0 Å². The van der Waals surface area contributed by atoms with E-state index in [1.54, 1.807) is 6.92 Å². The van der Waals surface area contributed by atoms with Crippen molar-refractivity contribution in [3.8, 4) is 11.5 Å². The average molecular weight is 229 g/mol. The molecule has 0 aliphatic heterocycles. The van der Waals surface area contributed by atoms with Gasteiger partial charge in [-0.15, -0.1) is 0 Å². The van der Waals surface area contributed by atoms with E-state index in [4.69, 9.17) is 4.42 Å². The summed E-state index contributed by atoms with van der Waals surface area (Å²) in [6, 6.07) is 7.88. The number of aromatic nitrogens is 1. The van der Waals surface area contributed by atoms with Crippen LogP contribution in [0, 0.1) is 13.8 Å². The Kier molecular flexibility index (Phi) is 3.09. The summed E-state index contributed by atoms with van der Waals surface area (Å²) in [5.74, 6) is 1.12. The van der Waals surface area contributed by atoms with Crippen molar-refractivity contribution in [2.45, 2.75) is 27.2 Å². The molecule has 0 N–H and O–H groups in total. The van der Waals surface area contributed by atoms with Gasteiger partial charge in [-0.1, -0.05) is 24.6 Å². The number of hydrogen-bond donors (Lipinski definition) is 0. The molecule has 1 aromatic carbocycles. The second-order valence-corrected chi connectivity index (χ2v) is 4.07. The molecule has 1 aromatic heterocycles. The number of nitrogens with zero attached hydrogens (tertiary/aromatic N) is 1. The van der Waals surface area contributed by atoms with Crippen molar-refractivity contribution in [3.63, 3.8) is 0 Å². The van der Waals surface area contributed by atoms with Gasteiger partial charge in [-0.05, 0) is 26.0 Å². The van der Waals surface area contributed by atoms with E-state index >= 15 is 0 Å². The summed E-state index contributed by atoms with van der Waals surface area (Å²) in [5.41, 5.74) is 2.53. The topological polar surface area (TPSA) is 43.1 Å². The molecule has 0 fully saturated rings. The van der Waals surface area contributed by atoms with Crippen LogP contribution in [0.2, 0.25) is 0 Å². The maximum Gasteiger partial charge on any atom is 0.226 e. The van der Waals surface area contributed by atoms with E-state index in [2.05, 4.69) is 4.98 Å². The number of oxazole rings is 1. The molecule has 0 unspecified atom stereocenters. The van der Waals surface area contributed by atoms with E-state index in [9.17, 15) is 4.79 Å². The number of Topliss-reactive ketones (excluding diaryl/α,β-unsaturated/α-hetero) is 1. The minimum absolute atomic E-state index is 0.0182. The molecule has 0 bridgehead atoms. The summed E-state index contributed by atoms with van der Waals surface area (Å²) in [4.78, 5) is 15.9. The fourth-order valence-electron chi connectivity index (χ4n) is 1.64. The Bertz CT molecular complexity index is 538. The fraction of sp³-hybridized carbons (Fsp3) is 0.286. The van der Waals surface area contributed by atoms with E-state index in [-0.39, 0.29) is 5.78 Å². The Labute approximate surface area is 100 Å². The smallest absolute Gasteiger partial charge is 0.226 e. The highest BCUT2D eigenvalue weighted by atomic mass is 16.4. The van der Waals surface area contributed by atoms with Crippen molar-refractivity contribution in [1.82, 2.24) is 4.98 Å². The number of ketones is 1. The lowest BCUT2D eigenvalue weighted by Crippen LogP contribution is -1.98. The predicted molar refractivity (Wildman–Crippen MR) is 66.0 cm³/mol. The molecule has 0 spiro atoms. The van der Waals surface area contributed by atoms with E-state index in [0.29, 0.717) is 23.8 Å². The molecule has 2 aromatic rings. The maximum atomic E-state index is 11.6. The number of carbonyl (C=O) groups excluding carboxylic acids is 1. The zero-order valence-electron chi connectivity index (χ0n) is 10.3. The van der Waals surface area contributed by atoms with Gasteiger partial charge in [-0.25, -0.2) is 4.98 Å². The molecule has 0 amide bonds. The van der Waals surface area contributed by atoms with Gasteiger partial charge in [0.2, 0.25) is 5.89 Å². The first-order valence-corrected chi connectivity index (χ1v) is 5.69. The Balaban J connectivity index is 2.41. The SMILES string of the molecule is CCC(=O)c1nc(-c2ccc(C)cc2)oc1C. The monoisotopic (exact) mass is 229 g/mol. The minimum atomic E-state index is 0.0182. The fourth-order valence-corrected chi connectivity index (χ4v) is 1.64. The van der Waals surface area contributed by atoms with E-state index < -0.39 is 0 Å². The van der Waals surface area contributed by atoms with E-state index in [1.807, 2.05) is 38.1 Å². The molecule has 0 saturated carbocycles. The molecular weight excluding hydrogens is 214 g/mol. The van der Waals surface area contributed by atoms with Gasteiger partial charge >= 0.3 is 0 Å². The zero-order valence-corrected chi connectivity index (χ0v) is 10.3. The number of benzene rings is 1. The molecule has 17 heavy (non-hydrogen) atoms. The third kappa shape index (κ3) is 2.28. The van der Waals surface area contributed by atoms with Crippen LogP contribution in [0.1, 0.15) is 35.2 Å². The van der Waals surface area contributed by atoms with E-state index in [0.717, 1.165) is 5.56 Å². The first kappa shape index (κ1) is 11.6. The van der Waals surface area contributed by atoms with Gasteiger partial charge in [-0.2, -0.15) is 0 Å². The van der Waals surface area contributed by atoms with Crippen LogP contribution in [0.4, 0.5) is 0 Å². The molecule has 88 valence electrons. The second-order valence-electron chi connectivity index (χ2n) is 4.07. The third-order valence-corrected chi connectivity index (χ3v) is 2.68. The first-order valence-electron chi connectivity index (χ1n) is 5.69. The highest BCUT2D eigenvalue weighted by Gasteiger charge is 2.16. The van der Waals surface area contributed by atoms with Crippen molar-refractivity contribution in [3.05, 3.63) is 41.3 Å². The van der Waals surface area contributed by atoms with Crippen LogP contribution in [0.3, 0.4) is 0 Å². The summed E-state index contributed by atoms with van der Waals surface area (Å²) >= 11 is 0. The lowest BCUT2D eigenvalue weighted by molar-refractivity contribution is 0.0982. The summed E-state index contributed by atoms with van der Waals surface area (Å²) in [7, 11) is 0. The molecule has 0 radical (unpaired) electrons. The summed E-state index contributed by atoms with van der Waals surface area (Å²) < 4.78 is 5.53. The Hall–Kier alpha value is -1.90. The van der Waals surface area contributed by atoms with Crippen LogP contribution in [0.25, 0.3) is 11.5 Å². The van der Waals surface area contributed by atoms with Crippen molar-refractivity contribution in [2.75, 3.05) is 0 Å². The Morgan fingerprint density at radius 1 is 1.24 bits per heavy atom. The molecule has 1 heterocycles. The molecule has 0 aliphatic carbocycles. The molecule has 0 saturated heterocycles. The largest absolute Gasteiger partial charge is 0.441 e. The lowest BCUT2D eigenvalue weighted by atomic mass is 10.1. The highest BCUT2D eigenvalue weighted by molar-refractivity contribution is 5.95. The lowest BCUT2D eigenvalue weighted by Gasteiger charge is -1.95. The number of rotatable bonds is 3. The molecule has 2 rings (SSSR count). The van der Waals surface area contributed by atoms with Crippen molar-refractivity contribution >= 4 is 5.78 Å². The molecule has 3 nitrogen and oxygen atoms in total. The van der Waals surface area contributed by atoms with Crippen LogP contribution in [-0.2, 0) is 0 Å². The zero-order chi connectivity index (χ0) is 12.4. The van der Waals surface area contributed by atoms with Gasteiger partial charge in [0.25, 0.3) is 0 Å². The quantitative estimate of drug-likeness (QED) is 0.756. The van der Waals surface area contributed by atoms with Gasteiger partial charge in [0.05, 0.1) is 0 Å². The molecule has 0 aliphatic rings. The predicted octanol–water partition coefficient (Wildman–Crippen LogP) is 3.55. The molecular formula is C14H15NO2. The Morgan fingerprint density at radius 2 is 1.88 bits per heavy atom. The minimum Gasteiger partial charge on any atom is -0.441 e. The standard InChI is InChI=1S/C14H15NO2/c1-4-12(16)13-10(3)17-14(15-13)11-7-5-9(2)6-8-11/h5-8H,4H2,1-3H3. The van der Waals surface area contributed by atoms with Gasteiger partial charge in [0.15, 0.2) is 5.78 Å². The van der Waals surface area contributed by atoms with Gasteiger partial charge < -0.3 is 4.42 Å². The van der Waals surface area contributed by atoms with Crippen molar-refractivity contribution in [2.24, 2.45) is 0 Å². The van der Waals surface area contributed by atoms with E-state index in [1.165, 1.54) is 5.56 Å². The third-order valence-electron chi connectivity index (χ3n) is 2.68. The van der Waals surface area contributed by atoms with Gasteiger partial charge in [-0.3, -0.25) is 4.79 Å². The van der Waals surface area contributed by atoms with Crippen molar-refractivity contribution < 1.29 is 9.21 Å². The maximum absolute atomic E-state index is 11.6. The van der Waals surface area contributed by atoms with Gasteiger partial charge in [0.1, 0.15) is 11.5 Å². The first-order chi connectivity index (χ1) is 8.11. The van der Waals surface area contributed by atoms with Crippen LogP contribution < -0.4 is 0 Å². The average Bonchev–Trinajstić information content (AvgIpc) is 2.71. The van der Waals surface area contributed by atoms with Crippen LogP contribution in [-0.4, -0.2) is 10.8 Å². The highest BCUT2D eigenvalue weighted by Crippen LogP contribution is 2.22.